The van der Waals surface area contributed by atoms with E-state index in [9.17, 15) is 9.18 Å². The zero-order chi connectivity index (χ0) is 16.8. The van der Waals surface area contributed by atoms with Crippen molar-refractivity contribution in [3.05, 3.63) is 58.9 Å². The van der Waals surface area contributed by atoms with Crippen molar-refractivity contribution in [3.63, 3.8) is 0 Å². The highest BCUT2D eigenvalue weighted by Crippen LogP contribution is 2.48. The van der Waals surface area contributed by atoms with Crippen molar-refractivity contribution in [1.82, 2.24) is 0 Å². The smallest absolute Gasteiger partial charge is 0.405 e. The van der Waals surface area contributed by atoms with Crippen LogP contribution in [0.5, 0.6) is 0 Å². The van der Waals surface area contributed by atoms with Gasteiger partial charge in [0.1, 0.15) is 11.9 Å². The van der Waals surface area contributed by atoms with Crippen molar-refractivity contribution >= 4 is 6.09 Å². The van der Waals surface area contributed by atoms with Gasteiger partial charge in [-0.25, -0.2) is 9.18 Å². The zero-order valence-electron chi connectivity index (χ0n) is 13.5. The Hall–Kier alpha value is -2.36. The van der Waals surface area contributed by atoms with Gasteiger partial charge in [-0.1, -0.05) is 44.2 Å². The van der Waals surface area contributed by atoms with Crippen molar-refractivity contribution in [2.24, 2.45) is 11.1 Å². The van der Waals surface area contributed by atoms with Gasteiger partial charge in [-0.05, 0) is 47.2 Å². The number of benzene rings is 2. The Morgan fingerprint density at radius 3 is 2.52 bits per heavy atom. The molecule has 0 saturated carbocycles. The quantitative estimate of drug-likeness (QED) is 0.886. The molecule has 1 amide bonds. The zero-order valence-corrected chi connectivity index (χ0v) is 13.5. The molecule has 0 bridgehead atoms. The first-order valence-electron chi connectivity index (χ1n) is 7.63. The van der Waals surface area contributed by atoms with Crippen LogP contribution in [0.3, 0.4) is 0 Å². The van der Waals surface area contributed by atoms with E-state index in [1.165, 1.54) is 0 Å². The lowest BCUT2D eigenvalue weighted by Crippen LogP contribution is -2.25. The summed E-state index contributed by atoms with van der Waals surface area (Å²) in [6.07, 6.45) is -0.331. The summed E-state index contributed by atoms with van der Waals surface area (Å²) in [6, 6.07) is 11.2. The lowest BCUT2D eigenvalue weighted by atomic mass is 9.87. The first-order valence-corrected chi connectivity index (χ1v) is 7.63. The summed E-state index contributed by atoms with van der Waals surface area (Å²) >= 11 is 0. The molecular weight excluding hydrogens is 293 g/mol. The molecule has 1 atom stereocenters. The standard InChI is InChI=1S/C19H20FNO2/c1-11-4-5-13(9-16(11)20)12-6-7-15-14(8-12)10-19(2,3)17(15)23-18(21)22/h4-9,17H,10H2,1-3H3,(H2,21,22). The summed E-state index contributed by atoms with van der Waals surface area (Å²) in [4.78, 5) is 11.2. The van der Waals surface area contributed by atoms with Gasteiger partial charge in [-0.3, -0.25) is 0 Å². The Balaban J connectivity index is 2.01. The number of halogens is 1. The average molecular weight is 313 g/mol. The van der Waals surface area contributed by atoms with E-state index in [2.05, 4.69) is 0 Å². The molecule has 0 aromatic heterocycles. The van der Waals surface area contributed by atoms with Crippen LogP contribution in [-0.2, 0) is 11.2 Å². The minimum Gasteiger partial charge on any atom is -0.441 e. The van der Waals surface area contributed by atoms with Crippen LogP contribution in [0, 0.1) is 18.2 Å². The van der Waals surface area contributed by atoms with E-state index in [0.717, 1.165) is 28.7 Å². The second-order valence-electron chi connectivity index (χ2n) is 6.86. The number of carbonyl (C=O) groups is 1. The van der Waals surface area contributed by atoms with Gasteiger partial charge >= 0.3 is 6.09 Å². The van der Waals surface area contributed by atoms with E-state index in [1.54, 1.807) is 19.1 Å². The molecule has 0 heterocycles. The minimum atomic E-state index is -0.763. The number of rotatable bonds is 2. The molecule has 1 aliphatic rings. The van der Waals surface area contributed by atoms with Gasteiger partial charge in [-0.15, -0.1) is 0 Å². The Morgan fingerprint density at radius 2 is 1.87 bits per heavy atom. The molecule has 0 spiro atoms. The number of amides is 1. The summed E-state index contributed by atoms with van der Waals surface area (Å²) < 4.78 is 19.1. The van der Waals surface area contributed by atoms with Crippen molar-refractivity contribution < 1.29 is 13.9 Å². The van der Waals surface area contributed by atoms with E-state index in [-0.39, 0.29) is 17.3 Å². The molecule has 2 aromatic carbocycles. The third-order valence-electron chi connectivity index (χ3n) is 4.52. The van der Waals surface area contributed by atoms with Gasteiger partial charge in [0, 0.05) is 5.41 Å². The molecule has 1 aliphatic carbocycles. The Bertz CT molecular complexity index is 783. The lowest BCUT2D eigenvalue weighted by Gasteiger charge is -2.26. The minimum absolute atomic E-state index is 0.210. The highest BCUT2D eigenvalue weighted by molar-refractivity contribution is 5.68. The monoisotopic (exact) mass is 313 g/mol. The molecular formula is C19H20FNO2. The van der Waals surface area contributed by atoms with E-state index in [4.69, 9.17) is 10.5 Å². The van der Waals surface area contributed by atoms with Crippen LogP contribution >= 0.6 is 0 Å². The summed E-state index contributed by atoms with van der Waals surface area (Å²) in [5.74, 6) is -0.210. The van der Waals surface area contributed by atoms with Crippen LogP contribution in [0.2, 0.25) is 0 Å². The molecule has 1 unspecified atom stereocenters. The third-order valence-corrected chi connectivity index (χ3v) is 4.52. The summed E-state index contributed by atoms with van der Waals surface area (Å²) in [7, 11) is 0. The van der Waals surface area contributed by atoms with Crippen molar-refractivity contribution in [1.29, 1.82) is 0 Å². The molecule has 120 valence electrons. The van der Waals surface area contributed by atoms with E-state index in [0.29, 0.717) is 5.56 Å². The number of nitrogens with two attached hydrogens (primary N) is 1. The number of aryl methyl sites for hydroxylation is 1. The first-order chi connectivity index (χ1) is 10.8. The Kier molecular flexibility index (Phi) is 3.63. The molecule has 0 aliphatic heterocycles. The number of carbonyl (C=O) groups excluding carboxylic acids is 1. The molecule has 0 saturated heterocycles. The maximum Gasteiger partial charge on any atom is 0.405 e. The van der Waals surface area contributed by atoms with Gasteiger partial charge in [0.2, 0.25) is 0 Å². The van der Waals surface area contributed by atoms with E-state index >= 15 is 0 Å². The SMILES string of the molecule is Cc1ccc(-c2ccc3c(c2)CC(C)(C)C3OC(N)=O)cc1F. The topological polar surface area (TPSA) is 52.3 Å². The van der Waals surface area contributed by atoms with Crippen LogP contribution in [0.25, 0.3) is 11.1 Å². The van der Waals surface area contributed by atoms with Crippen molar-refractivity contribution in [2.45, 2.75) is 33.3 Å². The molecule has 0 radical (unpaired) electrons. The van der Waals surface area contributed by atoms with Gasteiger partial charge < -0.3 is 10.5 Å². The normalized spacial score (nSPS) is 18.5. The molecule has 2 N–H and O–H groups in total. The summed E-state index contributed by atoms with van der Waals surface area (Å²) in [5, 5.41) is 0. The van der Waals surface area contributed by atoms with Gasteiger partial charge in [0.05, 0.1) is 0 Å². The van der Waals surface area contributed by atoms with Crippen LogP contribution in [0.1, 0.15) is 36.6 Å². The van der Waals surface area contributed by atoms with Crippen LogP contribution in [0.4, 0.5) is 9.18 Å². The number of ether oxygens (including phenoxy) is 1. The van der Waals surface area contributed by atoms with Crippen LogP contribution in [-0.4, -0.2) is 6.09 Å². The number of fused-ring (bicyclic) bond motifs is 1. The largest absolute Gasteiger partial charge is 0.441 e. The molecule has 23 heavy (non-hydrogen) atoms. The number of primary amides is 1. The summed E-state index contributed by atoms with van der Waals surface area (Å²) in [5.41, 5.74) is 9.50. The summed E-state index contributed by atoms with van der Waals surface area (Å²) in [6.45, 7) is 5.84. The predicted octanol–water partition coefficient (Wildman–Crippen LogP) is 4.52. The van der Waals surface area contributed by atoms with Crippen molar-refractivity contribution in [3.8, 4) is 11.1 Å². The van der Waals surface area contributed by atoms with Gasteiger partial charge in [0.25, 0.3) is 0 Å². The highest BCUT2D eigenvalue weighted by Gasteiger charge is 2.41. The van der Waals surface area contributed by atoms with E-state index in [1.807, 2.05) is 38.1 Å². The molecule has 0 fully saturated rings. The van der Waals surface area contributed by atoms with E-state index < -0.39 is 6.09 Å². The fourth-order valence-corrected chi connectivity index (χ4v) is 3.31. The number of hydrogen-bond donors (Lipinski definition) is 1. The van der Waals surface area contributed by atoms with Crippen molar-refractivity contribution in [2.75, 3.05) is 0 Å². The molecule has 3 rings (SSSR count). The Labute approximate surface area is 135 Å². The second-order valence-corrected chi connectivity index (χ2v) is 6.86. The third kappa shape index (κ3) is 2.81. The van der Waals surface area contributed by atoms with Gasteiger partial charge in [0.15, 0.2) is 0 Å². The average Bonchev–Trinajstić information content (AvgIpc) is 2.71. The lowest BCUT2D eigenvalue weighted by molar-refractivity contribution is 0.0392. The fourth-order valence-electron chi connectivity index (χ4n) is 3.31. The predicted molar refractivity (Wildman–Crippen MR) is 87.5 cm³/mol. The maximum atomic E-state index is 13.8. The fraction of sp³-hybridized carbons (Fsp3) is 0.316. The van der Waals surface area contributed by atoms with Gasteiger partial charge in [-0.2, -0.15) is 0 Å². The molecule has 2 aromatic rings. The second kappa shape index (κ2) is 5.37. The van der Waals surface area contributed by atoms with Crippen LogP contribution in [0.15, 0.2) is 36.4 Å². The molecule has 3 nitrogen and oxygen atoms in total. The maximum absolute atomic E-state index is 13.8. The Morgan fingerprint density at radius 1 is 1.22 bits per heavy atom. The molecule has 4 heteroatoms. The van der Waals surface area contributed by atoms with Crippen LogP contribution < -0.4 is 5.73 Å². The number of hydrogen-bond acceptors (Lipinski definition) is 2. The highest BCUT2D eigenvalue weighted by atomic mass is 19.1. The first kappa shape index (κ1) is 15.5.